The van der Waals surface area contributed by atoms with E-state index in [1.807, 2.05) is 0 Å². The standard InChI is InChI=1S/C32H66O/c1-5-9-12-14-16-18-20-22-23-25-29-31(27-8-4)33-32(28-11-7-3)30-26-24-21-19-17-15-13-10-6-2/h31-32H,5-30H2,1-4H3. The Morgan fingerprint density at radius 3 is 0.970 bits per heavy atom. The molecule has 0 spiro atoms. The fourth-order valence-corrected chi connectivity index (χ4v) is 5.13. The molecule has 0 saturated carbocycles. The molecule has 33 heavy (non-hydrogen) atoms. The van der Waals surface area contributed by atoms with Crippen molar-refractivity contribution in [2.24, 2.45) is 0 Å². The lowest BCUT2D eigenvalue weighted by Gasteiger charge is -2.25. The molecule has 1 heteroatoms. The Morgan fingerprint density at radius 2 is 0.606 bits per heavy atom. The van der Waals surface area contributed by atoms with E-state index in [0.717, 1.165) is 0 Å². The summed E-state index contributed by atoms with van der Waals surface area (Å²) in [5.74, 6) is 0. The van der Waals surface area contributed by atoms with Crippen molar-refractivity contribution in [2.45, 2.75) is 207 Å². The highest BCUT2D eigenvalue weighted by Crippen LogP contribution is 2.22. The van der Waals surface area contributed by atoms with Crippen LogP contribution in [0.3, 0.4) is 0 Å². The van der Waals surface area contributed by atoms with Gasteiger partial charge in [-0.2, -0.15) is 0 Å². The zero-order valence-electron chi connectivity index (χ0n) is 23.9. The molecule has 2 unspecified atom stereocenters. The van der Waals surface area contributed by atoms with E-state index in [1.54, 1.807) is 0 Å². The van der Waals surface area contributed by atoms with Crippen LogP contribution in [0.25, 0.3) is 0 Å². The maximum atomic E-state index is 6.75. The molecule has 0 aromatic rings. The van der Waals surface area contributed by atoms with Gasteiger partial charge in [0, 0.05) is 0 Å². The van der Waals surface area contributed by atoms with Crippen LogP contribution in [-0.2, 0) is 4.74 Å². The highest BCUT2D eigenvalue weighted by molar-refractivity contribution is 4.66. The van der Waals surface area contributed by atoms with Crippen LogP contribution >= 0.6 is 0 Å². The molecular formula is C32H66O. The average Bonchev–Trinajstić information content (AvgIpc) is 2.82. The van der Waals surface area contributed by atoms with Crippen LogP contribution in [0.2, 0.25) is 0 Å². The summed E-state index contributed by atoms with van der Waals surface area (Å²) in [6.45, 7) is 9.26. The molecule has 0 aliphatic rings. The molecule has 0 amide bonds. The first-order chi connectivity index (χ1) is 16.3. The zero-order valence-corrected chi connectivity index (χ0v) is 23.9. The van der Waals surface area contributed by atoms with E-state index in [2.05, 4.69) is 27.7 Å². The Kier molecular flexibility index (Phi) is 28.2. The lowest BCUT2D eigenvalue weighted by molar-refractivity contribution is -0.0314. The molecule has 0 fully saturated rings. The van der Waals surface area contributed by atoms with Gasteiger partial charge >= 0.3 is 0 Å². The maximum absolute atomic E-state index is 6.75. The van der Waals surface area contributed by atoms with Gasteiger partial charge in [-0.25, -0.2) is 0 Å². The van der Waals surface area contributed by atoms with Crippen molar-refractivity contribution < 1.29 is 4.74 Å². The molecule has 0 aliphatic heterocycles. The average molecular weight is 467 g/mol. The molecule has 0 rings (SSSR count). The summed E-state index contributed by atoms with van der Waals surface area (Å²) in [6.07, 6.45) is 37.2. The second-order valence-corrected chi connectivity index (χ2v) is 10.9. The lowest BCUT2D eigenvalue weighted by Crippen LogP contribution is -2.22. The molecule has 1 nitrogen and oxygen atoms in total. The van der Waals surface area contributed by atoms with Gasteiger partial charge in [0.05, 0.1) is 12.2 Å². The van der Waals surface area contributed by atoms with Crippen molar-refractivity contribution in [1.29, 1.82) is 0 Å². The van der Waals surface area contributed by atoms with E-state index < -0.39 is 0 Å². The van der Waals surface area contributed by atoms with Crippen molar-refractivity contribution in [3.05, 3.63) is 0 Å². The highest BCUT2D eigenvalue weighted by Gasteiger charge is 2.16. The van der Waals surface area contributed by atoms with E-state index >= 15 is 0 Å². The summed E-state index contributed by atoms with van der Waals surface area (Å²) in [4.78, 5) is 0. The molecule has 0 heterocycles. The van der Waals surface area contributed by atoms with Crippen LogP contribution in [0.1, 0.15) is 195 Å². The van der Waals surface area contributed by atoms with Crippen LogP contribution in [0, 0.1) is 0 Å². The van der Waals surface area contributed by atoms with Gasteiger partial charge in [0.25, 0.3) is 0 Å². The van der Waals surface area contributed by atoms with Crippen molar-refractivity contribution in [3.63, 3.8) is 0 Å². The van der Waals surface area contributed by atoms with Crippen molar-refractivity contribution in [2.75, 3.05) is 0 Å². The predicted molar refractivity (Wildman–Crippen MR) is 151 cm³/mol. The molecule has 0 aromatic heterocycles. The Labute approximate surface area is 211 Å². The Bertz CT molecular complexity index is 339. The quantitative estimate of drug-likeness (QED) is 0.104. The highest BCUT2D eigenvalue weighted by atomic mass is 16.5. The molecule has 0 bridgehead atoms. The fraction of sp³-hybridized carbons (Fsp3) is 1.00. The van der Waals surface area contributed by atoms with E-state index in [1.165, 1.54) is 167 Å². The van der Waals surface area contributed by atoms with E-state index in [4.69, 9.17) is 4.74 Å². The van der Waals surface area contributed by atoms with Gasteiger partial charge in [-0.15, -0.1) is 0 Å². The summed E-state index contributed by atoms with van der Waals surface area (Å²) >= 11 is 0. The van der Waals surface area contributed by atoms with E-state index in [-0.39, 0.29) is 0 Å². The molecule has 0 aliphatic carbocycles. The monoisotopic (exact) mass is 467 g/mol. The van der Waals surface area contributed by atoms with Gasteiger partial charge in [0.2, 0.25) is 0 Å². The third-order valence-electron chi connectivity index (χ3n) is 7.38. The Hall–Kier alpha value is -0.0400. The lowest BCUT2D eigenvalue weighted by atomic mass is 10.0. The van der Waals surface area contributed by atoms with Crippen molar-refractivity contribution in [3.8, 4) is 0 Å². The first-order valence-corrected chi connectivity index (χ1v) is 15.9. The number of rotatable bonds is 28. The van der Waals surface area contributed by atoms with Crippen LogP contribution < -0.4 is 0 Å². The van der Waals surface area contributed by atoms with Gasteiger partial charge in [-0.3, -0.25) is 0 Å². The van der Waals surface area contributed by atoms with Gasteiger partial charge in [-0.1, -0.05) is 169 Å². The van der Waals surface area contributed by atoms with Crippen LogP contribution in [0.4, 0.5) is 0 Å². The minimum absolute atomic E-state index is 0.518. The Morgan fingerprint density at radius 1 is 0.303 bits per heavy atom. The van der Waals surface area contributed by atoms with E-state index in [0.29, 0.717) is 12.2 Å². The molecular weight excluding hydrogens is 400 g/mol. The second-order valence-electron chi connectivity index (χ2n) is 10.9. The second kappa shape index (κ2) is 28.2. The maximum Gasteiger partial charge on any atom is 0.0578 e. The Balaban J connectivity index is 3.97. The number of unbranched alkanes of at least 4 members (excludes halogenated alkanes) is 18. The normalized spacial score (nSPS) is 13.5. The fourth-order valence-electron chi connectivity index (χ4n) is 5.13. The van der Waals surface area contributed by atoms with Gasteiger partial charge in [0.1, 0.15) is 0 Å². The van der Waals surface area contributed by atoms with Crippen molar-refractivity contribution in [1.82, 2.24) is 0 Å². The van der Waals surface area contributed by atoms with Crippen LogP contribution in [0.15, 0.2) is 0 Å². The largest absolute Gasteiger partial charge is 0.375 e. The number of hydrogen-bond acceptors (Lipinski definition) is 1. The summed E-state index contributed by atoms with van der Waals surface area (Å²) < 4.78 is 6.75. The minimum atomic E-state index is 0.518. The third kappa shape index (κ3) is 24.9. The topological polar surface area (TPSA) is 9.23 Å². The zero-order chi connectivity index (χ0) is 24.2. The number of ether oxygens (including phenoxy) is 1. The van der Waals surface area contributed by atoms with Crippen LogP contribution in [-0.4, -0.2) is 12.2 Å². The van der Waals surface area contributed by atoms with Gasteiger partial charge < -0.3 is 4.74 Å². The molecule has 0 saturated heterocycles. The smallest absolute Gasteiger partial charge is 0.0578 e. The van der Waals surface area contributed by atoms with Crippen LogP contribution in [0.5, 0.6) is 0 Å². The number of hydrogen-bond donors (Lipinski definition) is 0. The summed E-state index contributed by atoms with van der Waals surface area (Å²) in [5, 5.41) is 0. The summed E-state index contributed by atoms with van der Waals surface area (Å²) in [7, 11) is 0. The summed E-state index contributed by atoms with van der Waals surface area (Å²) in [5.41, 5.74) is 0. The van der Waals surface area contributed by atoms with E-state index in [9.17, 15) is 0 Å². The molecule has 0 radical (unpaired) electrons. The molecule has 0 N–H and O–H groups in total. The predicted octanol–water partition coefficient (Wildman–Crippen LogP) is 12.0. The molecule has 0 aromatic carbocycles. The van der Waals surface area contributed by atoms with Gasteiger partial charge in [-0.05, 0) is 25.7 Å². The first-order valence-electron chi connectivity index (χ1n) is 15.9. The SMILES string of the molecule is CCCCCCCCCCCCC(CCC)OC(CCCC)CCCCCCCCCCC. The van der Waals surface area contributed by atoms with Crippen molar-refractivity contribution >= 4 is 0 Å². The molecule has 2 atom stereocenters. The van der Waals surface area contributed by atoms with Gasteiger partial charge in [0.15, 0.2) is 0 Å². The summed E-state index contributed by atoms with van der Waals surface area (Å²) in [6, 6.07) is 0. The first kappa shape index (κ1) is 33.0. The molecule has 200 valence electrons. The minimum Gasteiger partial charge on any atom is -0.375 e. The third-order valence-corrected chi connectivity index (χ3v) is 7.38.